The van der Waals surface area contributed by atoms with Gasteiger partial charge in [0.05, 0.1) is 17.9 Å². The highest BCUT2D eigenvalue weighted by atomic mass is 32.2. The molecule has 1 atom stereocenters. The summed E-state index contributed by atoms with van der Waals surface area (Å²) < 4.78 is 33.4. The fourth-order valence-corrected chi connectivity index (χ4v) is 6.28. The van der Waals surface area contributed by atoms with E-state index in [1.807, 2.05) is 24.3 Å². The van der Waals surface area contributed by atoms with Crippen LogP contribution in [0.1, 0.15) is 37.3 Å². The van der Waals surface area contributed by atoms with Crippen molar-refractivity contribution in [1.29, 1.82) is 0 Å². The first kappa shape index (κ1) is 24.2. The molecule has 0 saturated carbocycles. The third-order valence-corrected chi connectivity index (χ3v) is 8.40. The smallest absolute Gasteiger partial charge is 0.243 e. The second kappa shape index (κ2) is 10.1. The number of hydrogen-bond acceptors (Lipinski definition) is 5. The second-order valence-corrected chi connectivity index (χ2v) is 10.8. The van der Waals surface area contributed by atoms with E-state index in [1.165, 1.54) is 11.2 Å². The summed E-state index contributed by atoms with van der Waals surface area (Å²) >= 11 is 0. The Morgan fingerprint density at radius 3 is 2.71 bits per heavy atom. The van der Waals surface area contributed by atoms with E-state index in [2.05, 4.69) is 5.32 Å². The van der Waals surface area contributed by atoms with Gasteiger partial charge in [-0.3, -0.25) is 9.59 Å². The fraction of sp³-hybridized carbons (Fsp3) is 0.440. The number of piperidine rings is 1. The van der Waals surface area contributed by atoms with E-state index in [-0.39, 0.29) is 23.3 Å². The van der Waals surface area contributed by atoms with Crippen LogP contribution < -0.4 is 15.0 Å². The van der Waals surface area contributed by atoms with E-state index >= 15 is 0 Å². The van der Waals surface area contributed by atoms with Crippen LogP contribution in [-0.4, -0.2) is 51.3 Å². The van der Waals surface area contributed by atoms with Gasteiger partial charge in [-0.2, -0.15) is 4.31 Å². The number of hydrogen-bond donors (Lipinski definition) is 1. The molecule has 2 aliphatic rings. The molecule has 0 aromatic heterocycles. The van der Waals surface area contributed by atoms with Crippen LogP contribution in [0.2, 0.25) is 0 Å². The van der Waals surface area contributed by atoms with Gasteiger partial charge in [0.15, 0.2) is 0 Å². The number of nitrogens with one attached hydrogen (secondary N) is 1. The summed E-state index contributed by atoms with van der Waals surface area (Å²) in [4.78, 5) is 26.7. The number of benzene rings is 2. The van der Waals surface area contributed by atoms with E-state index in [0.29, 0.717) is 32.5 Å². The number of nitrogens with zero attached hydrogens (tertiary/aromatic N) is 2. The van der Waals surface area contributed by atoms with Crippen molar-refractivity contribution < 1.29 is 22.7 Å². The fourth-order valence-electron chi connectivity index (χ4n) is 4.70. The molecule has 34 heavy (non-hydrogen) atoms. The van der Waals surface area contributed by atoms with Gasteiger partial charge in [-0.15, -0.1) is 0 Å². The van der Waals surface area contributed by atoms with Crippen LogP contribution in [0.25, 0.3) is 0 Å². The minimum atomic E-state index is -3.74. The lowest BCUT2D eigenvalue weighted by Crippen LogP contribution is -2.45. The molecule has 2 heterocycles. The van der Waals surface area contributed by atoms with Crippen molar-refractivity contribution in [1.82, 2.24) is 9.62 Å². The summed E-state index contributed by atoms with van der Waals surface area (Å²) in [6.45, 7) is 3.07. The first-order chi connectivity index (χ1) is 16.3. The molecule has 8 nitrogen and oxygen atoms in total. The topological polar surface area (TPSA) is 96.0 Å². The molecule has 0 bridgehead atoms. The Morgan fingerprint density at radius 2 is 1.94 bits per heavy atom. The number of carbonyl (C=O) groups excluding carboxylic acids is 2. The van der Waals surface area contributed by atoms with E-state index in [1.54, 1.807) is 30.2 Å². The number of sulfonamides is 1. The lowest BCUT2D eigenvalue weighted by atomic mass is 9.99. The molecule has 2 aromatic rings. The Hall–Kier alpha value is -2.91. The number of fused-ring (bicyclic) bond motifs is 1. The molecule has 1 saturated heterocycles. The zero-order chi connectivity index (χ0) is 24.3. The zero-order valence-electron chi connectivity index (χ0n) is 19.6. The van der Waals surface area contributed by atoms with Gasteiger partial charge < -0.3 is 15.0 Å². The van der Waals surface area contributed by atoms with Gasteiger partial charge in [0, 0.05) is 38.8 Å². The summed E-state index contributed by atoms with van der Waals surface area (Å²) in [6, 6.07) is 12.5. The van der Waals surface area contributed by atoms with Gasteiger partial charge in [-0.25, -0.2) is 8.42 Å². The van der Waals surface area contributed by atoms with Crippen molar-refractivity contribution >= 4 is 27.5 Å². The van der Waals surface area contributed by atoms with E-state index < -0.39 is 15.9 Å². The van der Waals surface area contributed by atoms with Crippen LogP contribution in [0.4, 0.5) is 5.69 Å². The summed E-state index contributed by atoms with van der Waals surface area (Å²) in [5, 5.41) is 2.93. The monoisotopic (exact) mass is 485 g/mol. The summed E-state index contributed by atoms with van der Waals surface area (Å²) in [6.07, 6.45) is 2.81. The lowest BCUT2D eigenvalue weighted by Gasteiger charge is -2.32. The van der Waals surface area contributed by atoms with Crippen LogP contribution in [0, 0.1) is 5.92 Å². The highest BCUT2D eigenvalue weighted by molar-refractivity contribution is 7.89. The molecule has 1 N–H and O–H groups in total. The van der Waals surface area contributed by atoms with Gasteiger partial charge >= 0.3 is 0 Å². The molecule has 1 fully saturated rings. The molecule has 9 heteroatoms. The van der Waals surface area contributed by atoms with E-state index in [4.69, 9.17) is 4.74 Å². The molecule has 0 unspecified atom stereocenters. The average Bonchev–Trinajstić information content (AvgIpc) is 2.86. The van der Waals surface area contributed by atoms with Crippen molar-refractivity contribution in [3.8, 4) is 5.75 Å². The standard InChI is InChI=1S/C25H31N3O5S/c1-18(29)28-13-5-7-20-15-23(10-11-24(20)28)34(31,32)27-12-4-8-21(17-27)25(30)26-16-19-6-3-9-22(14-19)33-2/h3,6,9-11,14-15,21H,4-5,7-8,12-13,16-17H2,1-2H3,(H,26,30)/t21-/m1/s1. The average molecular weight is 486 g/mol. The summed E-state index contributed by atoms with van der Waals surface area (Å²) in [5.41, 5.74) is 2.57. The largest absolute Gasteiger partial charge is 0.497 e. The number of methoxy groups -OCH3 is 1. The van der Waals surface area contributed by atoms with Crippen molar-refractivity contribution in [2.24, 2.45) is 5.92 Å². The third-order valence-electron chi connectivity index (χ3n) is 6.54. The predicted molar refractivity (Wildman–Crippen MR) is 129 cm³/mol. The number of aryl methyl sites for hydroxylation is 1. The number of ether oxygens (including phenoxy) is 1. The van der Waals surface area contributed by atoms with Crippen LogP contribution in [-0.2, 0) is 32.6 Å². The maximum absolute atomic E-state index is 13.4. The Balaban J connectivity index is 1.44. The first-order valence-corrected chi connectivity index (χ1v) is 13.1. The highest BCUT2D eigenvalue weighted by Gasteiger charge is 2.34. The molecule has 0 spiro atoms. The van der Waals surface area contributed by atoms with Crippen molar-refractivity contribution in [3.63, 3.8) is 0 Å². The molecule has 2 aromatic carbocycles. The van der Waals surface area contributed by atoms with Crippen LogP contribution in [0.15, 0.2) is 47.4 Å². The molecule has 2 amide bonds. The van der Waals surface area contributed by atoms with Crippen molar-refractivity contribution in [2.75, 3.05) is 31.6 Å². The summed E-state index contributed by atoms with van der Waals surface area (Å²) in [7, 11) is -2.15. The van der Waals surface area contributed by atoms with Gasteiger partial charge in [0.1, 0.15) is 5.75 Å². The second-order valence-electron chi connectivity index (χ2n) is 8.84. The normalized spacial score (nSPS) is 18.8. The highest BCUT2D eigenvalue weighted by Crippen LogP contribution is 2.31. The summed E-state index contributed by atoms with van der Waals surface area (Å²) in [5.74, 6) is 0.124. The van der Waals surface area contributed by atoms with Crippen molar-refractivity contribution in [3.05, 3.63) is 53.6 Å². The number of rotatable bonds is 6. The van der Waals surface area contributed by atoms with Gasteiger partial charge in [0.25, 0.3) is 0 Å². The zero-order valence-corrected chi connectivity index (χ0v) is 20.4. The maximum Gasteiger partial charge on any atom is 0.243 e. The molecule has 0 aliphatic carbocycles. The van der Waals surface area contributed by atoms with E-state index in [0.717, 1.165) is 35.4 Å². The molecular formula is C25H31N3O5S. The minimum Gasteiger partial charge on any atom is -0.497 e. The van der Waals surface area contributed by atoms with Crippen molar-refractivity contribution in [2.45, 2.75) is 44.0 Å². The van der Waals surface area contributed by atoms with Crippen LogP contribution >= 0.6 is 0 Å². The Morgan fingerprint density at radius 1 is 1.12 bits per heavy atom. The van der Waals surface area contributed by atoms with Crippen LogP contribution in [0.5, 0.6) is 5.75 Å². The quantitative estimate of drug-likeness (QED) is 0.679. The Kier molecular flexibility index (Phi) is 7.23. The Labute approximate surface area is 200 Å². The number of anilines is 1. The SMILES string of the molecule is COc1cccc(CNC(=O)[C@@H]2CCCN(S(=O)(=O)c3ccc4c(c3)CCCN4C(C)=O)C2)c1. The lowest BCUT2D eigenvalue weighted by molar-refractivity contribution is -0.126. The van der Waals surface area contributed by atoms with Gasteiger partial charge in [0.2, 0.25) is 21.8 Å². The van der Waals surface area contributed by atoms with E-state index in [9.17, 15) is 18.0 Å². The first-order valence-electron chi connectivity index (χ1n) is 11.6. The molecule has 2 aliphatic heterocycles. The molecule has 4 rings (SSSR count). The van der Waals surface area contributed by atoms with Gasteiger partial charge in [-0.1, -0.05) is 12.1 Å². The minimum absolute atomic E-state index is 0.0459. The molecule has 182 valence electrons. The van der Waals surface area contributed by atoms with Gasteiger partial charge in [-0.05, 0) is 67.1 Å². The molecular weight excluding hydrogens is 454 g/mol. The third kappa shape index (κ3) is 5.10. The Bertz CT molecular complexity index is 1180. The number of amides is 2. The number of carbonyl (C=O) groups is 2. The predicted octanol–water partition coefficient (Wildman–Crippen LogP) is 2.71. The maximum atomic E-state index is 13.4. The van der Waals surface area contributed by atoms with Crippen LogP contribution in [0.3, 0.4) is 0 Å². The molecule has 0 radical (unpaired) electrons.